The number of hydrogen-bond acceptors (Lipinski definition) is 4. The van der Waals surface area contributed by atoms with Gasteiger partial charge in [0, 0.05) is 43.5 Å². The van der Waals surface area contributed by atoms with E-state index in [1.165, 1.54) is 12.3 Å². The Morgan fingerprint density at radius 3 is 2.69 bits per heavy atom. The van der Waals surface area contributed by atoms with Crippen molar-refractivity contribution in [1.82, 2.24) is 14.8 Å². The summed E-state index contributed by atoms with van der Waals surface area (Å²) in [4.78, 5) is 31.4. The number of pyridine rings is 1. The van der Waals surface area contributed by atoms with Gasteiger partial charge >= 0.3 is 12.1 Å². The highest BCUT2D eigenvalue weighted by Crippen LogP contribution is 2.21. The third-order valence-electron chi connectivity index (χ3n) is 4.88. The second-order valence-corrected chi connectivity index (χ2v) is 7.16. The van der Waals surface area contributed by atoms with Crippen molar-refractivity contribution in [3.8, 4) is 0 Å². The molecule has 1 fully saturated rings. The molecule has 0 radical (unpaired) electrons. The molecule has 1 aromatic carbocycles. The fourth-order valence-electron chi connectivity index (χ4n) is 3.37. The van der Waals surface area contributed by atoms with Gasteiger partial charge in [0.1, 0.15) is 0 Å². The van der Waals surface area contributed by atoms with Crippen LogP contribution in [0.3, 0.4) is 0 Å². The summed E-state index contributed by atoms with van der Waals surface area (Å²) in [6.07, 6.45) is 1.54. The van der Waals surface area contributed by atoms with Crippen LogP contribution in [-0.4, -0.2) is 52.5 Å². The molecule has 29 heavy (non-hydrogen) atoms. The van der Waals surface area contributed by atoms with Crippen LogP contribution in [0.25, 0.3) is 0 Å². The second-order valence-electron chi connectivity index (χ2n) is 7.16. The first kappa shape index (κ1) is 20.5. The lowest BCUT2D eigenvalue weighted by Gasteiger charge is -2.39. The molecule has 4 N–H and O–H groups in total. The SMILES string of the molecule is Cc1ccc(NC(=O)Nc2cccc(CN3CCN(C(N)=O)[C@@H](C)C3)c2F)cn1. The van der Waals surface area contributed by atoms with E-state index in [1.54, 1.807) is 29.2 Å². The number of piperazine rings is 1. The zero-order chi connectivity index (χ0) is 21.0. The van der Waals surface area contributed by atoms with Crippen LogP contribution in [0.1, 0.15) is 18.2 Å². The number of aryl methyl sites for hydroxylation is 1. The second kappa shape index (κ2) is 8.87. The summed E-state index contributed by atoms with van der Waals surface area (Å²) in [5, 5.41) is 5.17. The van der Waals surface area contributed by atoms with Crippen LogP contribution in [0.5, 0.6) is 0 Å². The number of nitrogens with zero attached hydrogens (tertiary/aromatic N) is 3. The zero-order valence-electron chi connectivity index (χ0n) is 16.5. The summed E-state index contributed by atoms with van der Waals surface area (Å²) < 4.78 is 14.9. The normalized spacial score (nSPS) is 17.1. The fraction of sp³-hybridized carbons (Fsp3) is 0.350. The number of nitrogens with one attached hydrogen (secondary N) is 2. The number of benzene rings is 1. The van der Waals surface area contributed by atoms with Gasteiger partial charge in [-0.25, -0.2) is 14.0 Å². The van der Waals surface area contributed by atoms with Gasteiger partial charge in [-0.15, -0.1) is 0 Å². The van der Waals surface area contributed by atoms with Crippen molar-refractivity contribution in [1.29, 1.82) is 0 Å². The van der Waals surface area contributed by atoms with Gasteiger partial charge in [0.2, 0.25) is 0 Å². The van der Waals surface area contributed by atoms with Crippen LogP contribution in [-0.2, 0) is 6.54 Å². The Morgan fingerprint density at radius 1 is 1.24 bits per heavy atom. The van der Waals surface area contributed by atoms with E-state index < -0.39 is 17.9 Å². The largest absolute Gasteiger partial charge is 0.351 e. The lowest BCUT2D eigenvalue weighted by molar-refractivity contribution is 0.101. The Hall–Kier alpha value is -3.20. The number of hydrogen-bond donors (Lipinski definition) is 3. The van der Waals surface area contributed by atoms with Crippen LogP contribution >= 0.6 is 0 Å². The molecule has 2 aromatic rings. The van der Waals surface area contributed by atoms with Crippen LogP contribution in [0, 0.1) is 12.7 Å². The molecule has 8 nitrogen and oxygen atoms in total. The first-order valence-electron chi connectivity index (χ1n) is 9.40. The van der Waals surface area contributed by atoms with Gasteiger partial charge in [0.05, 0.1) is 17.6 Å². The van der Waals surface area contributed by atoms with E-state index in [-0.39, 0.29) is 11.7 Å². The van der Waals surface area contributed by atoms with Crippen LogP contribution in [0.4, 0.5) is 25.4 Å². The molecule has 0 bridgehead atoms. The number of primary amides is 1. The standard InChI is InChI=1S/C20H25FN6O2/c1-13-6-7-16(10-23-13)24-20(29)25-17-5-3-4-15(18(17)21)12-26-8-9-27(19(22)28)14(2)11-26/h3-7,10,14H,8-9,11-12H2,1-2H3,(H2,22,28)(H2,24,25,29)/t14-/m0/s1. The van der Waals surface area contributed by atoms with E-state index in [4.69, 9.17) is 5.73 Å². The molecule has 1 aliphatic heterocycles. The van der Waals surface area contributed by atoms with Crippen molar-refractivity contribution < 1.29 is 14.0 Å². The van der Waals surface area contributed by atoms with E-state index in [0.717, 1.165) is 5.69 Å². The van der Waals surface area contributed by atoms with Crippen molar-refractivity contribution in [2.75, 3.05) is 30.3 Å². The molecule has 1 aromatic heterocycles. The van der Waals surface area contributed by atoms with Gasteiger partial charge in [-0.2, -0.15) is 0 Å². The molecule has 0 spiro atoms. The van der Waals surface area contributed by atoms with Crippen molar-refractivity contribution in [2.45, 2.75) is 26.4 Å². The van der Waals surface area contributed by atoms with E-state index in [1.807, 2.05) is 13.8 Å². The number of amides is 4. The molecule has 0 aliphatic carbocycles. The number of carbonyl (C=O) groups excluding carboxylic acids is 2. The first-order valence-corrected chi connectivity index (χ1v) is 9.40. The molecule has 9 heteroatoms. The summed E-state index contributed by atoms with van der Waals surface area (Å²) in [7, 11) is 0. The highest BCUT2D eigenvalue weighted by atomic mass is 19.1. The minimum atomic E-state index is -0.546. The van der Waals surface area contributed by atoms with Crippen molar-refractivity contribution in [3.63, 3.8) is 0 Å². The van der Waals surface area contributed by atoms with E-state index in [9.17, 15) is 14.0 Å². The lowest BCUT2D eigenvalue weighted by atomic mass is 10.1. The molecule has 1 atom stereocenters. The number of aromatic nitrogens is 1. The molecular weight excluding hydrogens is 375 g/mol. The molecule has 0 unspecified atom stereocenters. The average Bonchev–Trinajstić information content (AvgIpc) is 2.66. The van der Waals surface area contributed by atoms with Crippen LogP contribution < -0.4 is 16.4 Å². The maximum atomic E-state index is 14.9. The average molecular weight is 400 g/mol. The van der Waals surface area contributed by atoms with Gasteiger partial charge in [-0.05, 0) is 32.0 Å². The smallest absolute Gasteiger partial charge is 0.323 e. The van der Waals surface area contributed by atoms with Gasteiger partial charge in [-0.1, -0.05) is 12.1 Å². The molecular formula is C20H25FN6O2. The van der Waals surface area contributed by atoms with E-state index in [0.29, 0.717) is 37.4 Å². The first-order chi connectivity index (χ1) is 13.8. The summed E-state index contributed by atoms with van der Waals surface area (Å²) in [5.41, 5.74) is 7.29. The Balaban J connectivity index is 1.62. The topological polar surface area (TPSA) is 104 Å². The summed E-state index contributed by atoms with van der Waals surface area (Å²) in [5.74, 6) is -0.477. The number of rotatable bonds is 4. The number of nitrogens with two attached hydrogens (primary N) is 1. The number of urea groups is 2. The van der Waals surface area contributed by atoms with Crippen molar-refractivity contribution >= 4 is 23.4 Å². The van der Waals surface area contributed by atoms with E-state index >= 15 is 0 Å². The zero-order valence-corrected chi connectivity index (χ0v) is 16.5. The monoisotopic (exact) mass is 400 g/mol. The quantitative estimate of drug-likeness (QED) is 0.734. The van der Waals surface area contributed by atoms with E-state index in [2.05, 4.69) is 20.5 Å². The van der Waals surface area contributed by atoms with Gasteiger partial charge in [0.25, 0.3) is 0 Å². The molecule has 3 rings (SSSR count). The van der Waals surface area contributed by atoms with Gasteiger partial charge < -0.3 is 21.3 Å². The predicted octanol–water partition coefficient (Wildman–Crippen LogP) is 2.76. The maximum absolute atomic E-state index is 14.9. The van der Waals surface area contributed by atoms with Gasteiger partial charge in [0.15, 0.2) is 5.82 Å². The summed E-state index contributed by atoms with van der Waals surface area (Å²) in [6.45, 7) is 5.84. The minimum Gasteiger partial charge on any atom is -0.351 e. The fourth-order valence-corrected chi connectivity index (χ4v) is 3.37. The molecule has 1 saturated heterocycles. The molecule has 154 valence electrons. The molecule has 4 amide bonds. The van der Waals surface area contributed by atoms with Crippen molar-refractivity contribution in [2.24, 2.45) is 5.73 Å². The highest BCUT2D eigenvalue weighted by molar-refractivity contribution is 5.99. The van der Waals surface area contributed by atoms with Crippen LogP contribution in [0.15, 0.2) is 36.5 Å². The Morgan fingerprint density at radius 2 is 2.03 bits per heavy atom. The van der Waals surface area contributed by atoms with Crippen LogP contribution in [0.2, 0.25) is 0 Å². The predicted molar refractivity (Wildman–Crippen MR) is 109 cm³/mol. The lowest BCUT2D eigenvalue weighted by Crippen LogP contribution is -2.55. The molecule has 1 aliphatic rings. The minimum absolute atomic E-state index is 0.0421. The number of carbonyl (C=O) groups is 2. The third kappa shape index (κ3) is 5.20. The Labute approximate surface area is 168 Å². The summed E-state index contributed by atoms with van der Waals surface area (Å²) in [6, 6.07) is 7.37. The molecule has 0 saturated carbocycles. The maximum Gasteiger partial charge on any atom is 0.323 e. The van der Waals surface area contributed by atoms with Gasteiger partial charge in [-0.3, -0.25) is 9.88 Å². The third-order valence-corrected chi connectivity index (χ3v) is 4.88. The Bertz CT molecular complexity index is 889. The highest BCUT2D eigenvalue weighted by Gasteiger charge is 2.26. The molecule has 2 heterocycles. The Kier molecular flexibility index (Phi) is 6.28. The van der Waals surface area contributed by atoms with Crippen molar-refractivity contribution in [3.05, 3.63) is 53.6 Å². The number of anilines is 2. The number of halogens is 1. The summed E-state index contributed by atoms with van der Waals surface area (Å²) >= 11 is 0.